The number of nitro benzene ring substituents is 1. The molecular weight excluding hydrogens is 312 g/mol. The smallest absolute Gasteiger partial charge is 0.310 e. The SMILES string of the molecule is C[C@]1(NC(=O)COc2ccccc2[N+](=O)[O-])CCS(=O)(=O)C1. The Balaban J connectivity index is 1.96. The Morgan fingerprint density at radius 3 is 2.73 bits per heavy atom. The second-order valence-electron chi connectivity index (χ2n) is 5.46. The molecule has 0 unspecified atom stereocenters. The molecule has 1 aromatic carbocycles. The molecule has 1 atom stereocenters. The molecule has 1 fully saturated rings. The van der Waals surface area contributed by atoms with Crippen molar-refractivity contribution in [2.24, 2.45) is 0 Å². The van der Waals surface area contributed by atoms with E-state index in [2.05, 4.69) is 5.32 Å². The summed E-state index contributed by atoms with van der Waals surface area (Å²) in [4.78, 5) is 22.1. The zero-order valence-electron chi connectivity index (χ0n) is 11.9. The van der Waals surface area contributed by atoms with Crippen LogP contribution in [0.15, 0.2) is 24.3 Å². The molecule has 0 bridgehead atoms. The van der Waals surface area contributed by atoms with Crippen LogP contribution in [0.3, 0.4) is 0 Å². The van der Waals surface area contributed by atoms with E-state index in [1.807, 2.05) is 0 Å². The van der Waals surface area contributed by atoms with E-state index in [1.54, 1.807) is 13.0 Å². The standard InChI is InChI=1S/C13H16N2O6S/c1-13(6-7-22(19,20)9-13)14-12(16)8-21-11-5-3-2-4-10(11)15(17)18/h2-5H,6-9H2,1H3,(H,14,16)/t13-/m0/s1. The Bertz CT molecular complexity index is 702. The van der Waals surface area contributed by atoms with Crippen LogP contribution in [0.5, 0.6) is 5.75 Å². The molecule has 1 N–H and O–H groups in total. The summed E-state index contributed by atoms with van der Waals surface area (Å²) in [6.07, 6.45) is 0.340. The number of hydrogen-bond acceptors (Lipinski definition) is 6. The van der Waals surface area contributed by atoms with E-state index in [0.717, 1.165) is 0 Å². The first-order chi connectivity index (χ1) is 10.2. The van der Waals surface area contributed by atoms with Crippen molar-refractivity contribution in [2.75, 3.05) is 18.1 Å². The van der Waals surface area contributed by atoms with Gasteiger partial charge in [-0.1, -0.05) is 12.1 Å². The molecule has 1 aromatic rings. The molecule has 0 spiro atoms. The number of hydrogen-bond donors (Lipinski definition) is 1. The van der Waals surface area contributed by atoms with E-state index in [1.165, 1.54) is 18.2 Å². The Kier molecular flexibility index (Phi) is 4.36. The first-order valence-corrected chi connectivity index (χ1v) is 8.41. The molecule has 0 aromatic heterocycles. The number of nitrogens with one attached hydrogen (secondary N) is 1. The average Bonchev–Trinajstić information content (AvgIpc) is 2.70. The van der Waals surface area contributed by atoms with E-state index < -0.39 is 32.8 Å². The lowest BCUT2D eigenvalue weighted by Crippen LogP contribution is -2.48. The first kappa shape index (κ1) is 16.2. The van der Waals surface area contributed by atoms with Crippen molar-refractivity contribution in [1.82, 2.24) is 5.32 Å². The van der Waals surface area contributed by atoms with Crippen LogP contribution in [-0.2, 0) is 14.6 Å². The Hall–Kier alpha value is -2.16. The van der Waals surface area contributed by atoms with E-state index in [0.29, 0.717) is 6.42 Å². The monoisotopic (exact) mass is 328 g/mol. The number of rotatable bonds is 5. The summed E-state index contributed by atoms with van der Waals surface area (Å²) in [5, 5.41) is 13.4. The third-order valence-electron chi connectivity index (χ3n) is 3.37. The average molecular weight is 328 g/mol. The number of para-hydroxylation sites is 2. The number of amides is 1. The fraction of sp³-hybridized carbons (Fsp3) is 0.462. The topological polar surface area (TPSA) is 116 Å². The van der Waals surface area contributed by atoms with Crippen LogP contribution in [-0.4, -0.2) is 42.9 Å². The minimum absolute atomic E-state index is 0.00755. The molecule has 0 saturated carbocycles. The Morgan fingerprint density at radius 2 is 2.14 bits per heavy atom. The van der Waals surface area contributed by atoms with Crippen molar-refractivity contribution in [3.05, 3.63) is 34.4 Å². The number of carbonyl (C=O) groups excluding carboxylic acids is 1. The number of benzene rings is 1. The van der Waals surface area contributed by atoms with Crippen LogP contribution in [0.1, 0.15) is 13.3 Å². The van der Waals surface area contributed by atoms with Crippen molar-refractivity contribution < 1.29 is 22.9 Å². The summed E-state index contributed by atoms with van der Waals surface area (Å²) in [6, 6.07) is 5.73. The van der Waals surface area contributed by atoms with Gasteiger partial charge in [-0.3, -0.25) is 14.9 Å². The van der Waals surface area contributed by atoms with Crippen molar-refractivity contribution in [3.8, 4) is 5.75 Å². The molecule has 1 heterocycles. The van der Waals surface area contributed by atoms with Crippen LogP contribution in [0.25, 0.3) is 0 Å². The molecule has 1 amide bonds. The Labute approximate surface area is 127 Å². The van der Waals surface area contributed by atoms with Crippen LogP contribution >= 0.6 is 0 Å². The predicted molar refractivity (Wildman–Crippen MR) is 78.4 cm³/mol. The van der Waals surface area contributed by atoms with Gasteiger partial charge in [0, 0.05) is 6.07 Å². The Morgan fingerprint density at radius 1 is 1.45 bits per heavy atom. The number of carbonyl (C=O) groups is 1. The fourth-order valence-corrected chi connectivity index (χ4v) is 4.45. The summed E-state index contributed by atoms with van der Waals surface area (Å²) in [5.41, 5.74) is -1.05. The lowest BCUT2D eigenvalue weighted by atomic mass is 10.0. The highest BCUT2D eigenvalue weighted by Gasteiger charge is 2.39. The molecule has 120 valence electrons. The zero-order chi connectivity index (χ0) is 16.4. The van der Waals surface area contributed by atoms with Crippen LogP contribution in [0.4, 0.5) is 5.69 Å². The van der Waals surface area contributed by atoms with E-state index in [4.69, 9.17) is 4.74 Å². The van der Waals surface area contributed by atoms with Crippen molar-refractivity contribution in [2.45, 2.75) is 18.9 Å². The number of nitrogens with zero attached hydrogens (tertiary/aromatic N) is 1. The third kappa shape index (κ3) is 3.94. The second kappa shape index (κ2) is 5.91. The summed E-state index contributed by atoms with van der Waals surface area (Å²) < 4.78 is 28.1. The maximum absolute atomic E-state index is 11.9. The van der Waals surface area contributed by atoms with Gasteiger partial charge in [-0.15, -0.1) is 0 Å². The zero-order valence-corrected chi connectivity index (χ0v) is 12.8. The van der Waals surface area contributed by atoms with Gasteiger partial charge in [0.2, 0.25) is 0 Å². The largest absolute Gasteiger partial charge is 0.477 e. The van der Waals surface area contributed by atoms with E-state index >= 15 is 0 Å². The van der Waals surface area contributed by atoms with Crippen molar-refractivity contribution in [3.63, 3.8) is 0 Å². The molecule has 0 aliphatic carbocycles. The molecule has 8 nitrogen and oxygen atoms in total. The second-order valence-corrected chi connectivity index (χ2v) is 7.65. The highest BCUT2D eigenvalue weighted by atomic mass is 32.2. The van der Waals surface area contributed by atoms with Crippen LogP contribution in [0, 0.1) is 10.1 Å². The minimum atomic E-state index is -3.13. The summed E-state index contributed by atoms with van der Waals surface area (Å²) in [7, 11) is -3.13. The van der Waals surface area contributed by atoms with E-state index in [9.17, 15) is 23.3 Å². The lowest BCUT2D eigenvalue weighted by molar-refractivity contribution is -0.385. The van der Waals surface area contributed by atoms with Crippen LogP contribution in [0.2, 0.25) is 0 Å². The predicted octanol–water partition coefficient (Wildman–Crippen LogP) is 0.667. The molecule has 22 heavy (non-hydrogen) atoms. The fourth-order valence-electron chi connectivity index (χ4n) is 2.36. The molecular formula is C13H16N2O6S. The van der Waals surface area contributed by atoms with Gasteiger partial charge in [-0.25, -0.2) is 8.42 Å². The third-order valence-corrected chi connectivity index (χ3v) is 5.27. The number of sulfone groups is 1. The quantitative estimate of drug-likeness (QED) is 0.627. The van der Waals surface area contributed by atoms with E-state index in [-0.39, 0.29) is 22.9 Å². The van der Waals surface area contributed by atoms with Crippen molar-refractivity contribution in [1.29, 1.82) is 0 Å². The maximum atomic E-state index is 11.9. The highest BCUT2D eigenvalue weighted by Crippen LogP contribution is 2.26. The highest BCUT2D eigenvalue weighted by molar-refractivity contribution is 7.91. The normalized spacial score (nSPS) is 23.0. The van der Waals surface area contributed by atoms with Gasteiger partial charge in [-0.05, 0) is 19.4 Å². The maximum Gasteiger partial charge on any atom is 0.310 e. The van der Waals surface area contributed by atoms with Crippen molar-refractivity contribution >= 4 is 21.4 Å². The lowest BCUT2D eigenvalue weighted by Gasteiger charge is -2.23. The van der Waals surface area contributed by atoms with Gasteiger partial charge in [0.1, 0.15) is 0 Å². The summed E-state index contributed by atoms with van der Waals surface area (Å²) >= 11 is 0. The van der Waals surface area contributed by atoms with Gasteiger partial charge in [-0.2, -0.15) is 0 Å². The molecule has 1 aliphatic rings. The summed E-state index contributed by atoms with van der Waals surface area (Å²) in [6.45, 7) is 1.24. The number of nitro groups is 1. The van der Waals surface area contributed by atoms with Gasteiger partial charge < -0.3 is 10.1 Å². The minimum Gasteiger partial charge on any atom is -0.477 e. The first-order valence-electron chi connectivity index (χ1n) is 6.58. The van der Waals surface area contributed by atoms with Gasteiger partial charge >= 0.3 is 5.69 Å². The molecule has 9 heteroatoms. The number of ether oxygens (including phenoxy) is 1. The van der Waals surface area contributed by atoms with Gasteiger partial charge in [0.15, 0.2) is 22.2 Å². The molecule has 2 rings (SSSR count). The van der Waals surface area contributed by atoms with Gasteiger partial charge in [0.05, 0.1) is 22.0 Å². The molecule has 1 saturated heterocycles. The summed E-state index contributed by atoms with van der Waals surface area (Å²) in [5.74, 6) is -0.601. The van der Waals surface area contributed by atoms with Gasteiger partial charge in [0.25, 0.3) is 5.91 Å². The molecule has 1 aliphatic heterocycles. The van der Waals surface area contributed by atoms with Crippen LogP contribution < -0.4 is 10.1 Å². The molecule has 0 radical (unpaired) electrons.